The summed E-state index contributed by atoms with van der Waals surface area (Å²) in [6.07, 6.45) is 0. The lowest BCUT2D eigenvalue weighted by Crippen LogP contribution is -2.28. The molecule has 0 bridgehead atoms. The van der Waals surface area contributed by atoms with E-state index in [4.69, 9.17) is 14.2 Å². The number of benzene rings is 2. The maximum Gasteiger partial charge on any atom is 0.344 e. The first-order valence-corrected chi connectivity index (χ1v) is 8.34. The highest BCUT2D eigenvalue weighted by Gasteiger charge is 2.25. The number of carbonyl (C=O) groups excluding carboxylic acids is 1. The Morgan fingerprint density at radius 2 is 1.81 bits per heavy atom. The summed E-state index contributed by atoms with van der Waals surface area (Å²) in [4.78, 5) is 24.9. The second-order valence-electron chi connectivity index (χ2n) is 6.93. The van der Waals surface area contributed by atoms with Crippen molar-refractivity contribution < 1.29 is 28.6 Å². The molecule has 0 aliphatic carbocycles. The molecule has 1 aromatic heterocycles. The van der Waals surface area contributed by atoms with Crippen molar-refractivity contribution in [1.82, 2.24) is 4.73 Å². The average molecular weight is 373 g/mol. The van der Waals surface area contributed by atoms with Crippen LogP contribution in [0.15, 0.2) is 36.4 Å². The molecule has 142 valence electrons. The van der Waals surface area contributed by atoms with Crippen LogP contribution in [0, 0.1) is 4.91 Å². The highest BCUT2D eigenvalue weighted by molar-refractivity contribution is 5.88. The van der Waals surface area contributed by atoms with Crippen LogP contribution in [-0.2, 0) is 9.53 Å². The fraction of sp³-hybridized carbons (Fsp3) is 0.316. The van der Waals surface area contributed by atoms with Gasteiger partial charge in [-0.1, -0.05) is 12.1 Å². The van der Waals surface area contributed by atoms with E-state index in [1.54, 1.807) is 57.2 Å². The van der Waals surface area contributed by atoms with Crippen molar-refractivity contribution in [2.75, 3.05) is 13.7 Å². The lowest BCUT2D eigenvalue weighted by Gasteiger charge is -2.19. The van der Waals surface area contributed by atoms with E-state index in [0.29, 0.717) is 10.2 Å². The minimum absolute atomic E-state index is 0.0873. The molecule has 0 saturated heterocycles. The Kier molecular flexibility index (Phi) is 4.65. The minimum Gasteiger partial charge on any atom is -0.494 e. The molecule has 0 aliphatic heterocycles. The Balaban J connectivity index is 2.11. The van der Waals surface area contributed by atoms with E-state index in [9.17, 15) is 14.9 Å². The Morgan fingerprint density at radius 3 is 2.48 bits per heavy atom. The topological polar surface area (TPSA) is 92.9 Å². The molecule has 0 unspecified atom stereocenters. The molecular formula is C19H21N2O6+. The second kappa shape index (κ2) is 6.79. The van der Waals surface area contributed by atoms with Gasteiger partial charge in [-0.25, -0.2) is 4.79 Å². The van der Waals surface area contributed by atoms with Crippen LogP contribution >= 0.6 is 0 Å². The first-order valence-electron chi connectivity index (χ1n) is 8.34. The van der Waals surface area contributed by atoms with E-state index in [1.165, 1.54) is 7.11 Å². The smallest absolute Gasteiger partial charge is 0.344 e. The molecule has 2 aromatic carbocycles. The summed E-state index contributed by atoms with van der Waals surface area (Å²) in [7, 11) is 1.45. The minimum atomic E-state index is -0.640. The summed E-state index contributed by atoms with van der Waals surface area (Å²) in [5.74, 6) is -0.0567. The van der Waals surface area contributed by atoms with Gasteiger partial charge in [-0.05, 0) is 39.0 Å². The molecule has 0 spiro atoms. The predicted molar refractivity (Wildman–Crippen MR) is 97.9 cm³/mol. The maximum atomic E-state index is 12.9. The fourth-order valence-corrected chi connectivity index (χ4v) is 2.80. The fourth-order valence-electron chi connectivity index (χ4n) is 2.80. The number of hydrogen-bond donors (Lipinski definition) is 1. The molecule has 0 fully saturated rings. The zero-order valence-corrected chi connectivity index (χ0v) is 15.6. The summed E-state index contributed by atoms with van der Waals surface area (Å²) in [6.45, 7) is 4.89. The first-order chi connectivity index (χ1) is 12.7. The third-order valence-electron chi connectivity index (χ3n) is 3.80. The van der Waals surface area contributed by atoms with Crippen LogP contribution in [0.3, 0.4) is 0 Å². The molecule has 3 aromatic rings. The third-order valence-corrected chi connectivity index (χ3v) is 3.80. The van der Waals surface area contributed by atoms with E-state index < -0.39 is 11.6 Å². The van der Waals surface area contributed by atoms with Crippen LogP contribution in [0.5, 0.6) is 11.5 Å². The molecule has 1 heterocycles. The molecule has 3 rings (SSSR count). The number of carbonyl (C=O) groups is 1. The van der Waals surface area contributed by atoms with Gasteiger partial charge in [-0.2, -0.15) is 4.73 Å². The van der Waals surface area contributed by atoms with Gasteiger partial charge in [-0.15, -0.1) is 0 Å². The molecule has 8 heteroatoms. The highest BCUT2D eigenvalue weighted by Crippen LogP contribution is 2.29. The molecule has 1 N–H and O–H groups in total. The van der Waals surface area contributed by atoms with Crippen LogP contribution in [-0.4, -0.2) is 35.2 Å². The number of fused-ring (bicyclic) bond motifs is 2. The number of nitrogens with zero attached hydrogens (tertiary/aromatic N) is 2. The van der Waals surface area contributed by atoms with Crippen molar-refractivity contribution in [2.45, 2.75) is 26.4 Å². The zero-order valence-electron chi connectivity index (χ0n) is 15.6. The van der Waals surface area contributed by atoms with Gasteiger partial charge < -0.3 is 19.4 Å². The molecule has 27 heavy (non-hydrogen) atoms. The van der Waals surface area contributed by atoms with Gasteiger partial charge >= 0.3 is 11.5 Å². The number of hydrogen-bond acceptors (Lipinski definition) is 6. The number of methoxy groups -OCH3 is 1. The molecule has 0 atom stereocenters. The van der Waals surface area contributed by atoms with Gasteiger partial charge in [0.25, 0.3) is 5.52 Å². The van der Waals surface area contributed by atoms with Gasteiger partial charge in [0.1, 0.15) is 5.60 Å². The number of esters is 1. The first kappa shape index (κ1) is 18.5. The van der Waals surface area contributed by atoms with Gasteiger partial charge in [-0.3, -0.25) is 0 Å². The summed E-state index contributed by atoms with van der Waals surface area (Å²) in [5, 5.41) is 10.6. The molecular weight excluding hydrogens is 352 g/mol. The number of aromatic nitrogens is 2. The Bertz CT molecular complexity index is 1080. The van der Waals surface area contributed by atoms with Crippen LogP contribution < -0.4 is 13.9 Å². The SMILES string of the molecule is COc1cccc2c1n(O)c1cccc(OCC(=O)OC(C)(C)C)c1[n+]2=O. The van der Waals surface area contributed by atoms with E-state index in [-0.39, 0.29) is 34.4 Å². The molecule has 0 aliphatic rings. The maximum absolute atomic E-state index is 12.9. The van der Waals surface area contributed by atoms with E-state index in [0.717, 1.165) is 4.73 Å². The Hall–Kier alpha value is -3.29. The predicted octanol–water partition coefficient (Wildman–Crippen LogP) is 2.68. The number of ether oxygens (including phenoxy) is 3. The largest absolute Gasteiger partial charge is 0.494 e. The van der Waals surface area contributed by atoms with Crippen LogP contribution in [0.1, 0.15) is 20.8 Å². The lowest BCUT2D eigenvalue weighted by atomic mass is 10.2. The molecule has 0 radical (unpaired) electrons. The molecule has 0 saturated carbocycles. The second-order valence-corrected chi connectivity index (χ2v) is 6.93. The number of rotatable bonds is 4. The van der Waals surface area contributed by atoms with Crippen molar-refractivity contribution in [1.29, 1.82) is 0 Å². The van der Waals surface area contributed by atoms with Crippen molar-refractivity contribution in [3.63, 3.8) is 0 Å². The van der Waals surface area contributed by atoms with Crippen molar-refractivity contribution in [3.05, 3.63) is 41.3 Å². The van der Waals surface area contributed by atoms with E-state index in [2.05, 4.69) is 0 Å². The molecule has 8 nitrogen and oxygen atoms in total. The zero-order chi connectivity index (χ0) is 19.8. The summed E-state index contributed by atoms with van der Waals surface area (Å²) in [6, 6.07) is 9.57. The number of para-hydroxylation sites is 2. The Labute approximate surface area is 155 Å². The van der Waals surface area contributed by atoms with Gasteiger partial charge in [0.2, 0.25) is 0 Å². The summed E-state index contributed by atoms with van der Waals surface area (Å²) >= 11 is 0. The van der Waals surface area contributed by atoms with Crippen molar-refractivity contribution in [3.8, 4) is 11.5 Å². The average Bonchev–Trinajstić information content (AvgIpc) is 2.62. The van der Waals surface area contributed by atoms with Crippen molar-refractivity contribution >= 4 is 28.0 Å². The quantitative estimate of drug-likeness (QED) is 0.327. The third kappa shape index (κ3) is 3.51. The Morgan fingerprint density at radius 1 is 1.15 bits per heavy atom. The highest BCUT2D eigenvalue weighted by atomic mass is 16.6. The van der Waals surface area contributed by atoms with E-state index in [1.807, 2.05) is 0 Å². The van der Waals surface area contributed by atoms with E-state index >= 15 is 0 Å². The van der Waals surface area contributed by atoms with Gasteiger partial charge in [0.05, 0.1) is 11.5 Å². The van der Waals surface area contributed by atoms with Crippen molar-refractivity contribution in [2.24, 2.45) is 0 Å². The van der Waals surface area contributed by atoms with Gasteiger partial charge in [0, 0.05) is 11.0 Å². The van der Waals surface area contributed by atoms with Crippen LogP contribution in [0.25, 0.3) is 22.1 Å². The lowest BCUT2D eigenvalue weighted by molar-refractivity contribution is -0.433. The standard InChI is InChI=1S/C19H21N2O6/c1-19(2,3)27-16(22)11-26-15-10-6-8-13-18(15)21(24)12-7-5-9-14(25-4)17(12)20(13)23/h5-10,23H,11H2,1-4H3/q+1. The summed E-state index contributed by atoms with van der Waals surface area (Å²) < 4.78 is 17.5. The molecule has 0 amide bonds. The van der Waals surface area contributed by atoms with Crippen LogP contribution in [0.4, 0.5) is 0 Å². The van der Waals surface area contributed by atoms with Gasteiger partial charge in [0.15, 0.2) is 29.1 Å². The van der Waals surface area contributed by atoms with Crippen LogP contribution in [0.2, 0.25) is 0 Å². The summed E-state index contributed by atoms with van der Waals surface area (Å²) in [5.41, 5.74) is 0.0795. The monoisotopic (exact) mass is 373 g/mol. The normalized spacial score (nSPS) is 11.6.